The molecule has 1 rings (SSSR count). The lowest BCUT2D eigenvalue weighted by molar-refractivity contribution is -0.148. The highest BCUT2D eigenvalue weighted by Crippen LogP contribution is 2.16. The molecule has 1 atom stereocenters. The smallest absolute Gasteiger partial charge is 0.325 e. The molecule has 1 heterocycles. The average molecular weight is 332 g/mol. The second-order valence-corrected chi connectivity index (χ2v) is 5.69. The molecule has 0 amide bonds. The largest absolute Gasteiger partial charge is 0.468 e. The molecule has 0 aliphatic heterocycles. The molecule has 0 saturated heterocycles. The maximum atomic E-state index is 11.9. The first-order valence-electron chi connectivity index (χ1n) is 6.53. The summed E-state index contributed by atoms with van der Waals surface area (Å²) in [6, 6.07) is 0. The number of aromatic nitrogens is 2. The predicted molar refractivity (Wildman–Crippen MR) is 77.9 cm³/mol. The number of hydrogen-bond acceptors (Lipinski definition) is 4. The van der Waals surface area contributed by atoms with Gasteiger partial charge in [0.25, 0.3) is 0 Å². The van der Waals surface area contributed by atoms with E-state index in [0.717, 1.165) is 36.8 Å². The van der Waals surface area contributed by atoms with Gasteiger partial charge in [0.2, 0.25) is 0 Å². The fourth-order valence-electron chi connectivity index (χ4n) is 1.94. The summed E-state index contributed by atoms with van der Waals surface area (Å²) in [7, 11) is 1.43. The molecule has 5 nitrogen and oxygen atoms in total. The fourth-order valence-corrected chi connectivity index (χ4v) is 2.27. The minimum atomic E-state index is -0.616. The van der Waals surface area contributed by atoms with Crippen molar-refractivity contribution in [2.45, 2.75) is 45.2 Å². The first kappa shape index (κ1) is 16.2. The van der Waals surface area contributed by atoms with Gasteiger partial charge in [-0.25, -0.2) is 0 Å². The molecule has 0 radical (unpaired) electrons. The minimum Gasteiger partial charge on any atom is -0.468 e. The van der Waals surface area contributed by atoms with Crippen molar-refractivity contribution in [3.05, 3.63) is 16.9 Å². The van der Waals surface area contributed by atoms with E-state index in [1.165, 1.54) is 7.11 Å². The molecule has 1 unspecified atom stereocenters. The van der Waals surface area contributed by atoms with Crippen LogP contribution in [0.2, 0.25) is 0 Å². The lowest BCUT2D eigenvalue weighted by Gasteiger charge is -2.28. The number of hydrogen-bond donors (Lipinski definition) is 1. The van der Waals surface area contributed by atoms with Crippen molar-refractivity contribution >= 4 is 21.9 Å². The lowest BCUT2D eigenvalue weighted by atomic mass is 9.95. The molecule has 0 aromatic carbocycles. The van der Waals surface area contributed by atoms with E-state index in [4.69, 9.17) is 4.74 Å². The highest BCUT2D eigenvalue weighted by Gasteiger charge is 2.32. The van der Waals surface area contributed by atoms with Crippen LogP contribution < -0.4 is 5.32 Å². The van der Waals surface area contributed by atoms with Crippen LogP contribution in [0.3, 0.4) is 0 Å². The summed E-state index contributed by atoms with van der Waals surface area (Å²) >= 11 is 3.36. The van der Waals surface area contributed by atoms with Crippen molar-refractivity contribution in [3.63, 3.8) is 0 Å². The molecule has 0 bridgehead atoms. The van der Waals surface area contributed by atoms with Gasteiger partial charge in [-0.05, 0) is 48.7 Å². The number of nitrogens with one attached hydrogen (secondary N) is 1. The van der Waals surface area contributed by atoms with Crippen molar-refractivity contribution in [3.8, 4) is 0 Å². The Morgan fingerprint density at radius 1 is 1.63 bits per heavy atom. The number of methoxy groups -OCH3 is 1. The first-order chi connectivity index (χ1) is 9.01. The van der Waals surface area contributed by atoms with Crippen LogP contribution in [-0.2, 0) is 16.1 Å². The Labute approximate surface area is 122 Å². The molecule has 19 heavy (non-hydrogen) atoms. The summed E-state index contributed by atoms with van der Waals surface area (Å²) < 4.78 is 7.72. The number of aryl methyl sites for hydroxylation is 1. The number of nitrogens with zero attached hydrogens (tertiary/aromatic N) is 2. The number of carbonyl (C=O) groups excluding carboxylic acids is 1. The Kier molecular flexibility index (Phi) is 6.51. The Morgan fingerprint density at radius 2 is 2.37 bits per heavy atom. The van der Waals surface area contributed by atoms with E-state index < -0.39 is 5.54 Å². The quantitative estimate of drug-likeness (QED) is 0.743. The molecule has 1 N–H and O–H groups in total. The van der Waals surface area contributed by atoms with Crippen LogP contribution in [0, 0.1) is 0 Å². The van der Waals surface area contributed by atoms with Gasteiger partial charge < -0.3 is 10.1 Å². The van der Waals surface area contributed by atoms with Crippen molar-refractivity contribution < 1.29 is 9.53 Å². The Bertz CT molecular complexity index is 408. The summed E-state index contributed by atoms with van der Waals surface area (Å²) in [5, 5.41) is 7.47. The van der Waals surface area contributed by atoms with Gasteiger partial charge in [-0.3, -0.25) is 9.48 Å². The summed E-state index contributed by atoms with van der Waals surface area (Å²) in [5.74, 6) is -0.206. The van der Waals surface area contributed by atoms with Crippen LogP contribution in [0.25, 0.3) is 0 Å². The van der Waals surface area contributed by atoms with Gasteiger partial charge in [-0.2, -0.15) is 5.10 Å². The van der Waals surface area contributed by atoms with E-state index in [0.29, 0.717) is 0 Å². The number of esters is 1. The molecular formula is C13H22BrN3O2. The SMILES string of the molecule is CCCNC(C)(CCCn1cc(Br)cn1)C(=O)OC. The van der Waals surface area contributed by atoms with Crippen LogP contribution in [0.1, 0.15) is 33.1 Å². The molecule has 0 saturated carbocycles. The third kappa shape index (κ3) is 4.95. The third-order valence-electron chi connectivity index (χ3n) is 3.07. The van der Waals surface area contributed by atoms with Crippen LogP contribution in [0.15, 0.2) is 16.9 Å². The Hall–Kier alpha value is -0.880. The highest BCUT2D eigenvalue weighted by molar-refractivity contribution is 9.10. The molecule has 0 fully saturated rings. The number of carbonyl (C=O) groups is 1. The van der Waals surface area contributed by atoms with Gasteiger partial charge in [-0.1, -0.05) is 6.92 Å². The van der Waals surface area contributed by atoms with E-state index in [1.807, 2.05) is 17.8 Å². The van der Waals surface area contributed by atoms with Gasteiger partial charge in [0.15, 0.2) is 0 Å². The Balaban J connectivity index is 2.50. The van der Waals surface area contributed by atoms with Crippen molar-refractivity contribution in [1.82, 2.24) is 15.1 Å². The van der Waals surface area contributed by atoms with Crippen LogP contribution >= 0.6 is 15.9 Å². The van der Waals surface area contributed by atoms with E-state index in [2.05, 4.69) is 33.3 Å². The maximum absolute atomic E-state index is 11.9. The monoisotopic (exact) mass is 331 g/mol. The van der Waals surface area contributed by atoms with Gasteiger partial charge in [0.1, 0.15) is 5.54 Å². The molecule has 6 heteroatoms. The fraction of sp³-hybridized carbons (Fsp3) is 0.692. The summed E-state index contributed by atoms with van der Waals surface area (Å²) in [6.07, 6.45) is 6.25. The number of ether oxygens (including phenoxy) is 1. The zero-order chi connectivity index (χ0) is 14.3. The zero-order valence-corrected chi connectivity index (χ0v) is 13.4. The second kappa shape index (κ2) is 7.65. The first-order valence-corrected chi connectivity index (χ1v) is 7.32. The maximum Gasteiger partial charge on any atom is 0.325 e. The van der Waals surface area contributed by atoms with Gasteiger partial charge in [0, 0.05) is 12.7 Å². The van der Waals surface area contributed by atoms with E-state index in [9.17, 15) is 4.79 Å². The Morgan fingerprint density at radius 3 is 2.89 bits per heavy atom. The standard InChI is InChI=1S/C13H22BrN3O2/c1-4-7-15-13(2,12(18)19-3)6-5-8-17-10-11(14)9-16-17/h9-10,15H,4-8H2,1-3H3. The summed E-state index contributed by atoms with van der Waals surface area (Å²) in [6.45, 7) is 5.56. The van der Waals surface area contributed by atoms with E-state index >= 15 is 0 Å². The van der Waals surface area contributed by atoms with Gasteiger partial charge in [0.05, 0.1) is 17.8 Å². The molecule has 0 spiro atoms. The normalized spacial score (nSPS) is 14.1. The summed E-state index contributed by atoms with van der Waals surface area (Å²) in [4.78, 5) is 11.9. The molecule has 1 aromatic heterocycles. The number of rotatable bonds is 8. The minimum absolute atomic E-state index is 0.206. The van der Waals surface area contributed by atoms with Gasteiger partial charge in [-0.15, -0.1) is 0 Å². The lowest BCUT2D eigenvalue weighted by Crippen LogP contribution is -2.50. The van der Waals surface area contributed by atoms with Crippen molar-refractivity contribution in [1.29, 1.82) is 0 Å². The van der Waals surface area contributed by atoms with Crippen molar-refractivity contribution in [2.75, 3.05) is 13.7 Å². The van der Waals surface area contributed by atoms with Crippen LogP contribution in [-0.4, -0.2) is 34.9 Å². The van der Waals surface area contributed by atoms with E-state index in [1.54, 1.807) is 6.20 Å². The molecule has 0 aliphatic rings. The second-order valence-electron chi connectivity index (χ2n) is 4.78. The molecule has 1 aromatic rings. The zero-order valence-electron chi connectivity index (χ0n) is 11.8. The number of halogens is 1. The van der Waals surface area contributed by atoms with Crippen LogP contribution in [0.4, 0.5) is 0 Å². The van der Waals surface area contributed by atoms with E-state index in [-0.39, 0.29) is 5.97 Å². The molecule has 0 aliphatic carbocycles. The van der Waals surface area contributed by atoms with Gasteiger partial charge >= 0.3 is 5.97 Å². The molecule has 108 valence electrons. The highest BCUT2D eigenvalue weighted by atomic mass is 79.9. The van der Waals surface area contributed by atoms with Crippen molar-refractivity contribution in [2.24, 2.45) is 0 Å². The summed E-state index contributed by atoms with van der Waals surface area (Å²) in [5.41, 5.74) is -0.616. The molecular weight excluding hydrogens is 310 g/mol. The van der Waals surface area contributed by atoms with Crippen LogP contribution in [0.5, 0.6) is 0 Å². The predicted octanol–water partition coefficient (Wildman–Crippen LogP) is 2.36. The average Bonchev–Trinajstić information content (AvgIpc) is 2.81. The third-order valence-corrected chi connectivity index (χ3v) is 3.48. The topological polar surface area (TPSA) is 56.2 Å².